The second-order valence-corrected chi connectivity index (χ2v) is 4.64. The van der Waals surface area contributed by atoms with E-state index in [1.54, 1.807) is 24.3 Å². The zero-order valence-corrected chi connectivity index (χ0v) is 11.4. The van der Waals surface area contributed by atoms with Crippen molar-refractivity contribution < 1.29 is 14.7 Å². The lowest BCUT2D eigenvalue weighted by Gasteiger charge is -2.10. The van der Waals surface area contributed by atoms with Crippen molar-refractivity contribution in [1.82, 2.24) is 14.9 Å². The standard InChI is InChI=1S/C14H15N3O4/c1-9(14(20)21)16-12(18)6-7-17-8-15-11-5-3-2-4-10(11)13(17)19/h2-5,8-9H,6-7H2,1H3,(H,16,18)(H,20,21)/t9-/m1/s1. The maximum atomic E-state index is 12.2. The van der Waals surface area contributed by atoms with Crippen LogP contribution in [0.4, 0.5) is 0 Å². The molecule has 0 aliphatic rings. The summed E-state index contributed by atoms with van der Waals surface area (Å²) in [5, 5.41) is 11.5. The molecule has 1 heterocycles. The number of amides is 1. The lowest BCUT2D eigenvalue weighted by molar-refractivity contribution is -0.141. The highest BCUT2D eigenvalue weighted by Gasteiger charge is 2.14. The predicted octanol–water partition coefficient (Wildman–Crippen LogP) is 0.376. The molecule has 0 unspecified atom stereocenters. The molecule has 2 aromatic rings. The smallest absolute Gasteiger partial charge is 0.325 e. The first-order valence-corrected chi connectivity index (χ1v) is 6.45. The quantitative estimate of drug-likeness (QED) is 0.828. The van der Waals surface area contributed by atoms with Gasteiger partial charge in [-0.2, -0.15) is 0 Å². The Morgan fingerprint density at radius 1 is 1.38 bits per heavy atom. The first-order chi connectivity index (χ1) is 9.99. The predicted molar refractivity (Wildman–Crippen MR) is 75.9 cm³/mol. The molecule has 0 spiro atoms. The maximum Gasteiger partial charge on any atom is 0.325 e. The summed E-state index contributed by atoms with van der Waals surface area (Å²) in [4.78, 5) is 38.5. The number of hydrogen-bond acceptors (Lipinski definition) is 4. The lowest BCUT2D eigenvalue weighted by atomic mass is 10.2. The largest absolute Gasteiger partial charge is 0.480 e. The molecule has 2 N–H and O–H groups in total. The fraction of sp³-hybridized carbons (Fsp3) is 0.286. The van der Waals surface area contributed by atoms with E-state index in [4.69, 9.17) is 5.11 Å². The number of nitrogens with zero attached hydrogens (tertiary/aromatic N) is 2. The number of fused-ring (bicyclic) bond motifs is 1. The normalized spacial score (nSPS) is 12.0. The van der Waals surface area contributed by atoms with Crippen LogP contribution in [0, 0.1) is 0 Å². The van der Waals surface area contributed by atoms with E-state index in [-0.39, 0.29) is 18.5 Å². The van der Waals surface area contributed by atoms with Gasteiger partial charge in [-0.15, -0.1) is 0 Å². The minimum absolute atomic E-state index is 0.0115. The van der Waals surface area contributed by atoms with Crippen molar-refractivity contribution >= 4 is 22.8 Å². The molecule has 1 amide bonds. The van der Waals surface area contributed by atoms with Gasteiger partial charge >= 0.3 is 5.97 Å². The SMILES string of the molecule is C[C@@H](NC(=O)CCn1cnc2ccccc2c1=O)C(=O)O. The van der Waals surface area contributed by atoms with Crippen molar-refractivity contribution in [2.75, 3.05) is 0 Å². The van der Waals surface area contributed by atoms with Crippen molar-refractivity contribution in [2.45, 2.75) is 25.9 Å². The Morgan fingerprint density at radius 2 is 2.10 bits per heavy atom. The van der Waals surface area contributed by atoms with Crippen molar-refractivity contribution in [2.24, 2.45) is 0 Å². The number of aliphatic carboxylic acids is 1. The van der Waals surface area contributed by atoms with Crippen LogP contribution in [0.2, 0.25) is 0 Å². The number of carboxylic acids is 1. The third kappa shape index (κ3) is 3.44. The Morgan fingerprint density at radius 3 is 2.81 bits per heavy atom. The van der Waals surface area contributed by atoms with Gasteiger partial charge in [-0.1, -0.05) is 12.1 Å². The average molecular weight is 289 g/mol. The van der Waals surface area contributed by atoms with Crippen LogP contribution in [0.25, 0.3) is 10.9 Å². The van der Waals surface area contributed by atoms with Crippen LogP contribution in [0.3, 0.4) is 0 Å². The van der Waals surface area contributed by atoms with Crippen LogP contribution in [-0.2, 0) is 16.1 Å². The summed E-state index contributed by atoms with van der Waals surface area (Å²) in [5.74, 6) is -1.53. The number of rotatable bonds is 5. The molecule has 0 radical (unpaired) electrons. The Bertz CT molecular complexity index is 738. The maximum absolute atomic E-state index is 12.2. The van der Waals surface area contributed by atoms with Gasteiger partial charge in [0.1, 0.15) is 6.04 Å². The number of para-hydroxylation sites is 1. The molecule has 0 saturated carbocycles. The van der Waals surface area contributed by atoms with E-state index in [0.717, 1.165) is 0 Å². The first-order valence-electron chi connectivity index (χ1n) is 6.45. The molecule has 2 rings (SSSR count). The van der Waals surface area contributed by atoms with Crippen molar-refractivity contribution in [3.63, 3.8) is 0 Å². The summed E-state index contributed by atoms with van der Waals surface area (Å²) in [6, 6.07) is 6.00. The molecule has 0 bridgehead atoms. The van der Waals surface area contributed by atoms with Crippen LogP contribution < -0.4 is 10.9 Å². The highest BCUT2D eigenvalue weighted by Crippen LogP contribution is 2.04. The van der Waals surface area contributed by atoms with Gasteiger partial charge in [-0.05, 0) is 19.1 Å². The third-order valence-electron chi connectivity index (χ3n) is 3.06. The zero-order valence-electron chi connectivity index (χ0n) is 11.4. The van der Waals surface area contributed by atoms with Crippen LogP contribution in [0.15, 0.2) is 35.4 Å². The topological polar surface area (TPSA) is 101 Å². The van der Waals surface area contributed by atoms with Crippen molar-refractivity contribution in [1.29, 1.82) is 0 Å². The number of carboxylic acid groups (broad SMARTS) is 1. The van der Waals surface area contributed by atoms with E-state index in [0.29, 0.717) is 10.9 Å². The highest BCUT2D eigenvalue weighted by atomic mass is 16.4. The number of carbonyl (C=O) groups excluding carboxylic acids is 1. The first kappa shape index (κ1) is 14.7. The minimum atomic E-state index is -1.10. The summed E-state index contributed by atoms with van der Waals surface area (Å²) in [5.41, 5.74) is 0.377. The minimum Gasteiger partial charge on any atom is -0.480 e. The lowest BCUT2D eigenvalue weighted by Crippen LogP contribution is -2.39. The molecule has 0 fully saturated rings. The number of benzene rings is 1. The molecule has 7 heteroatoms. The monoisotopic (exact) mass is 289 g/mol. The molecular weight excluding hydrogens is 274 g/mol. The summed E-state index contributed by atoms with van der Waals surface area (Å²) >= 11 is 0. The number of nitrogens with one attached hydrogen (secondary N) is 1. The molecule has 0 aliphatic heterocycles. The van der Waals surface area contributed by atoms with Gasteiger partial charge in [-0.25, -0.2) is 4.98 Å². The molecule has 0 saturated heterocycles. The van der Waals surface area contributed by atoms with Crippen LogP contribution in [0.5, 0.6) is 0 Å². The van der Waals surface area contributed by atoms with Gasteiger partial charge in [0.2, 0.25) is 5.91 Å². The Hall–Kier alpha value is -2.70. The molecule has 7 nitrogen and oxygen atoms in total. The van der Waals surface area contributed by atoms with Gasteiger partial charge in [0.25, 0.3) is 5.56 Å². The van der Waals surface area contributed by atoms with Crippen LogP contribution in [0.1, 0.15) is 13.3 Å². The van der Waals surface area contributed by atoms with Gasteiger partial charge in [0, 0.05) is 13.0 Å². The average Bonchev–Trinajstić information content (AvgIpc) is 2.46. The summed E-state index contributed by atoms with van der Waals surface area (Å²) in [6.07, 6.45) is 1.40. The Labute approximate surface area is 120 Å². The van der Waals surface area contributed by atoms with E-state index in [1.807, 2.05) is 0 Å². The fourth-order valence-electron chi connectivity index (χ4n) is 1.86. The molecular formula is C14H15N3O4. The van der Waals surface area contributed by atoms with Crippen molar-refractivity contribution in [3.8, 4) is 0 Å². The number of hydrogen-bond donors (Lipinski definition) is 2. The second kappa shape index (κ2) is 6.17. The Kier molecular flexibility index (Phi) is 4.32. The molecule has 1 atom stereocenters. The number of aromatic nitrogens is 2. The van der Waals surface area contributed by atoms with Gasteiger partial charge in [0.15, 0.2) is 0 Å². The summed E-state index contributed by atoms with van der Waals surface area (Å²) in [7, 11) is 0. The molecule has 21 heavy (non-hydrogen) atoms. The van der Waals surface area contributed by atoms with E-state index in [9.17, 15) is 14.4 Å². The van der Waals surface area contributed by atoms with Gasteiger partial charge < -0.3 is 10.4 Å². The van der Waals surface area contributed by atoms with E-state index < -0.39 is 17.9 Å². The summed E-state index contributed by atoms with van der Waals surface area (Å²) in [6.45, 7) is 1.53. The third-order valence-corrected chi connectivity index (χ3v) is 3.06. The molecule has 1 aromatic carbocycles. The molecule has 110 valence electrons. The van der Waals surface area contributed by atoms with Crippen LogP contribution >= 0.6 is 0 Å². The van der Waals surface area contributed by atoms with Gasteiger partial charge in [0.05, 0.1) is 17.2 Å². The number of carbonyl (C=O) groups is 2. The molecule has 0 aliphatic carbocycles. The van der Waals surface area contributed by atoms with Gasteiger partial charge in [-0.3, -0.25) is 19.0 Å². The molecule has 1 aromatic heterocycles. The van der Waals surface area contributed by atoms with E-state index in [2.05, 4.69) is 10.3 Å². The van der Waals surface area contributed by atoms with E-state index in [1.165, 1.54) is 17.8 Å². The Balaban J connectivity index is 2.07. The highest BCUT2D eigenvalue weighted by molar-refractivity contribution is 5.83. The van der Waals surface area contributed by atoms with E-state index >= 15 is 0 Å². The zero-order chi connectivity index (χ0) is 15.4. The second-order valence-electron chi connectivity index (χ2n) is 4.64. The number of aryl methyl sites for hydroxylation is 1. The summed E-state index contributed by atoms with van der Waals surface area (Å²) < 4.78 is 1.34. The van der Waals surface area contributed by atoms with Crippen LogP contribution in [-0.4, -0.2) is 32.6 Å². The fourth-order valence-corrected chi connectivity index (χ4v) is 1.86. The van der Waals surface area contributed by atoms with Crippen molar-refractivity contribution in [3.05, 3.63) is 40.9 Å².